The number of amides is 1. The number of aryl methyl sites for hydroxylation is 1. The topological polar surface area (TPSA) is 98.3 Å². The van der Waals surface area contributed by atoms with Gasteiger partial charge in [-0.2, -0.15) is 0 Å². The van der Waals surface area contributed by atoms with Crippen LogP contribution in [-0.4, -0.2) is 10.8 Å². The van der Waals surface area contributed by atoms with E-state index in [0.29, 0.717) is 5.56 Å². The van der Waals surface area contributed by atoms with E-state index in [9.17, 15) is 14.9 Å². The quantitative estimate of drug-likeness (QED) is 0.509. The molecule has 0 bridgehead atoms. The Balaban J connectivity index is 2.25. The fourth-order valence-electron chi connectivity index (χ4n) is 1.67. The molecule has 3 N–H and O–H groups in total. The number of anilines is 2. The van der Waals surface area contributed by atoms with Gasteiger partial charge in [-0.15, -0.1) is 0 Å². The molecule has 0 aliphatic rings. The lowest BCUT2D eigenvalue weighted by atomic mass is 10.1. The molecule has 0 aliphatic heterocycles. The number of hydrogen-bond acceptors (Lipinski definition) is 4. The van der Waals surface area contributed by atoms with Crippen LogP contribution < -0.4 is 11.1 Å². The summed E-state index contributed by atoms with van der Waals surface area (Å²) in [6.07, 6.45) is 0. The summed E-state index contributed by atoms with van der Waals surface area (Å²) in [6.45, 7) is 1.92. The normalized spacial score (nSPS) is 10.1. The third-order valence-corrected chi connectivity index (χ3v) is 2.81. The van der Waals surface area contributed by atoms with Crippen LogP contribution in [0.5, 0.6) is 0 Å². The van der Waals surface area contributed by atoms with Crippen LogP contribution in [0.4, 0.5) is 17.1 Å². The Hall–Kier alpha value is -2.89. The Morgan fingerprint density at radius 3 is 2.45 bits per heavy atom. The average Bonchev–Trinajstić information content (AvgIpc) is 2.41. The predicted molar refractivity (Wildman–Crippen MR) is 76.6 cm³/mol. The van der Waals surface area contributed by atoms with Crippen LogP contribution in [0.25, 0.3) is 0 Å². The minimum atomic E-state index is -0.541. The van der Waals surface area contributed by atoms with Crippen LogP contribution in [0.3, 0.4) is 0 Å². The van der Waals surface area contributed by atoms with Gasteiger partial charge in [-0.25, -0.2) is 0 Å². The molecular weight excluding hydrogens is 258 g/mol. The van der Waals surface area contributed by atoms with Crippen molar-refractivity contribution < 1.29 is 9.72 Å². The predicted octanol–water partition coefficient (Wildman–Crippen LogP) is 2.74. The van der Waals surface area contributed by atoms with Crippen molar-refractivity contribution in [3.05, 3.63) is 63.7 Å². The zero-order valence-corrected chi connectivity index (χ0v) is 10.8. The molecule has 2 aromatic rings. The van der Waals surface area contributed by atoms with E-state index in [0.717, 1.165) is 5.56 Å². The molecule has 0 atom stereocenters. The highest BCUT2D eigenvalue weighted by Gasteiger charge is 2.12. The summed E-state index contributed by atoms with van der Waals surface area (Å²) in [5, 5.41) is 13.3. The van der Waals surface area contributed by atoms with E-state index >= 15 is 0 Å². The summed E-state index contributed by atoms with van der Waals surface area (Å²) in [7, 11) is 0. The van der Waals surface area contributed by atoms with Gasteiger partial charge in [0.1, 0.15) is 0 Å². The molecule has 2 rings (SSSR count). The Morgan fingerprint density at radius 1 is 1.20 bits per heavy atom. The lowest BCUT2D eigenvalue weighted by molar-refractivity contribution is -0.384. The van der Waals surface area contributed by atoms with Crippen molar-refractivity contribution in [2.45, 2.75) is 6.92 Å². The highest BCUT2D eigenvalue weighted by atomic mass is 16.6. The molecule has 0 aliphatic carbocycles. The van der Waals surface area contributed by atoms with Crippen LogP contribution in [0.1, 0.15) is 15.9 Å². The van der Waals surface area contributed by atoms with E-state index < -0.39 is 4.92 Å². The van der Waals surface area contributed by atoms with E-state index in [2.05, 4.69) is 5.32 Å². The lowest BCUT2D eigenvalue weighted by Crippen LogP contribution is -2.13. The first-order valence-corrected chi connectivity index (χ1v) is 5.89. The molecule has 0 heterocycles. The minimum absolute atomic E-state index is 0.126. The van der Waals surface area contributed by atoms with Crippen molar-refractivity contribution >= 4 is 23.0 Å². The summed E-state index contributed by atoms with van der Waals surface area (Å²) in [6, 6.07) is 10.9. The number of nitrogen functional groups attached to an aromatic ring is 1. The van der Waals surface area contributed by atoms with Crippen molar-refractivity contribution in [3.63, 3.8) is 0 Å². The highest BCUT2D eigenvalue weighted by molar-refractivity contribution is 6.05. The molecule has 102 valence electrons. The van der Waals surface area contributed by atoms with Crippen LogP contribution in [0.15, 0.2) is 42.5 Å². The van der Waals surface area contributed by atoms with Gasteiger partial charge in [-0.1, -0.05) is 17.7 Å². The molecule has 20 heavy (non-hydrogen) atoms. The molecule has 2 aromatic carbocycles. The molecule has 0 spiro atoms. The number of carbonyl (C=O) groups excluding carboxylic acids is 1. The maximum Gasteiger partial charge on any atom is 0.271 e. The van der Waals surface area contributed by atoms with Crippen molar-refractivity contribution in [2.75, 3.05) is 11.1 Å². The van der Waals surface area contributed by atoms with Crippen molar-refractivity contribution in [1.29, 1.82) is 0 Å². The zero-order chi connectivity index (χ0) is 14.7. The Bertz CT molecular complexity index is 666. The van der Waals surface area contributed by atoms with E-state index in [1.807, 2.05) is 19.1 Å². The van der Waals surface area contributed by atoms with Crippen molar-refractivity contribution in [2.24, 2.45) is 0 Å². The molecule has 0 aromatic heterocycles. The Labute approximate surface area is 115 Å². The molecule has 6 heteroatoms. The summed E-state index contributed by atoms with van der Waals surface area (Å²) in [5.41, 5.74) is 7.58. The van der Waals surface area contributed by atoms with Crippen LogP contribution in [0.2, 0.25) is 0 Å². The number of nitro groups is 1. The fraction of sp³-hybridized carbons (Fsp3) is 0.0714. The molecule has 0 saturated carbocycles. The second-order valence-corrected chi connectivity index (χ2v) is 4.35. The number of hydrogen-bond donors (Lipinski definition) is 2. The first kappa shape index (κ1) is 13.5. The number of non-ortho nitro benzene ring substituents is 1. The van der Waals surface area contributed by atoms with Crippen LogP contribution in [0, 0.1) is 17.0 Å². The van der Waals surface area contributed by atoms with Crippen LogP contribution in [-0.2, 0) is 0 Å². The standard InChI is InChI=1S/C14H13N3O3/c1-9-2-4-10(5-3-9)14(18)16-13-8-11(17(19)20)6-7-12(13)15/h2-8H,15H2,1H3,(H,16,18). The largest absolute Gasteiger partial charge is 0.397 e. The number of benzene rings is 2. The summed E-state index contributed by atoms with van der Waals surface area (Å²) in [5.74, 6) is -0.364. The second kappa shape index (κ2) is 5.40. The molecule has 6 nitrogen and oxygen atoms in total. The SMILES string of the molecule is Cc1ccc(C(=O)Nc2cc([N+](=O)[O-])ccc2N)cc1. The van der Waals surface area contributed by atoms with Gasteiger partial charge >= 0.3 is 0 Å². The summed E-state index contributed by atoms with van der Waals surface area (Å²) in [4.78, 5) is 22.2. The summed E-state index contributed by atoms with van der Waals surface area (Å²) >= 11 is 0. The average molecular weight is 271 g/mol. The molecule has 0 radical (unpaired) electrons. The monoisotopic (exact) mass is 271 g/mol. The van der Waals surface area contributed by atoms with Gasteiger partial charge in [0, 0.05) is 17.7 Å². The third kappa shape index (κ3) is 2.92. The number of carbonyl (C=O) groups is 1. The van der Waals surface area contributed by atoms with Gasteiger partial charge in [0.05, 0.1) is 16.3 Å². The maximum absolute atomic E-state index is 12.0. The number of rotatable bonds is 3. The molecule has 1 amide bonds. The second-order valence-electron chi connectivity index (χ2n) is 4.35. The first-order valence-electron chi connectivity index (χ1n) is 5.89. The van der Waals surface area contributed by atoms with Gasteiger partial charge < -0.3 is 11.1 Å². The lowest BCUT2D eigenvalue weighted by Gasteiger charge is -2.08. The number of nitrogens with two attached hydrogens (primary N) is 1. The molecule has 0 fully saturated rings. The number of nitrogens with one attached hydrogen (secondary N) is 1. The number of nitrogens with zero attached hydrogens (tertiary/aromatic N) is 1. The van der Waals surface area contributed by atoms with Crippen LogP contribution >= 0.6 is 0 Å². The molecule has 0 saturated heterocycles. The van der Waals surface area contributed by atoms with Crippen molar-refractivity contribution in [1.82, 2.24) is 0 Å². The summed E-state index contributed by atoms with van der Waals surface area (Å²) < 4.78 is 0. The van der Waals surface area contributed by atoms with Gasteiger partial charge in [-0.3, -0.25) is 14.9 Å². The van der Waals surface area contributed by atoms with E-state index in [-0.39, 0.29) is 23.0 Å². The smallest absolute Gasteiger partial charge is 0.271 e. The highest BCUT2D eigenvalue weighted by Crippen LogP contribution is 2.24. The van der Waals surface area contributed by atoms with Gasteiger partial charge in [-0.05, 0) is 25.1 Å². The minimum Gasteiger partial charge on any atom is -0.397 e. The van der Waals surface area contributed by atoms with E-state index in [1.54, 1.807) is 12.1 Å². The molecule has 0 unspecified atom stereocenters. The van der Waals surface area contributed by atoms with E-state index in [4.69, 9.17) is 5.73 Å². The Kier molecular flexibility index (Phi) is 3.65. The van der Waals surface area contributed by atoms with Gasteiger partial charge in [0.2, 0.25) is 0 Å². The van der Waals surface area contributed by atoms with Gasteiger partial charge in [0.25, 0.3) is 11.6 Å². The third-order valence-electron chi connectivity index (χ3n) is 2.81. The Morgan fingerprint density at radius 2 is 1.85 bits per heavy atom. The van der Waals surface area contributed by atoms with Gasteiger partial charge in [0.15, 0.2) is 0 Å². The fourth-order valence-corrected chi connectivity index (χ4v) is 1.67. The first-order chi connectivity index (χ1) is 9.47. The molecular formula is C14H13N3O3. The maximum atomic E-state index is 12.0. The number of nitro benzene ring substituents is 1. The zero-order valence-electron chi connectivity index (χ0n) is 10.8. The van der Waals surface area contributed by atoms with E-state index in [1.165, 1.54) is 18.2 Å². The van der Waals surface area contributed by atoms with Crippen molar-refractivity contribution in [3.8, 4) is 0 Å².